The van der Waals surface area contributed by atoms with Gasteiger partial charge >= 0.3 is 10.1 Å². The summed E-state index contributed by atoms with van der Waals surface area (Å²) in [5.74, 6) is -0.392. The minimum absolute atomic E-state index is 0.0318. The molecular weight excluding hydrogens is 391 g/mol. The number of fused-ring (bicyclic) bond motifs is 1. The van der Waals surface area contributed by atoms with Crippen molar-refractivity contribution in [2.45, 2.75) is 24.2 Å². The van der Waals surface area contributed by atoms with Crippen molar-refractivity contribution in [3.8, 4) is 5.75 Å². The van der Waals surface area contributed by atoms with Gasteiger partial charge in [-0.05, 0) is 49.2 Å². The van der Waals surface area contributed by atoms with Gasteiger partial charge in [0.05, 0.1) is 10.2 Å². The molecule has 1 saturated carbocycles. The lowest BCUT2D eigenvalue weighted by atomic mass is 9.85. The van der Waals surface area contributed by atoms with Gasteiger partial charge in [0.25, 0.3) is 0 Å². The van der Waals surface area contributed by atoms with Crippen molar-refractivity contribution in [2.24, 2.45) is 5.92 Å². The largest absolute Gasteiger partial charge is 0.379 e. The lowest BCUT2D eigenvalue weighted by Crippen LogP contribution is -2.27. The van der Waals surface area contributed by atoms with Crippen LogP contribution in [0, 0.1) is 11.7 Å². The number of thiazole rings is 1. The van der Waals surface area contributed by atoms with Crippen LogP contribution in [0.3, 0.4) is 0 Å². The Labute approximate surface area is 159 Å². The molecule has 9 heteroatoms. The number of halogens is 1. The summed E-state index contributed by atoms with van der Waals surface area (Å²) in [5.41, 5.74) is 0.635. The second-order valence-electron chi connectivity index (χ2n) is 6.26. The molecule has 1 amide bonds. The fraction of sp³-hybridized carbons (Fsp3) is 0.222. The molecule has 6 nitrogen and oxygen atoms in total. The standard InChI is InChI=1S/C18H15FN2O4S2/c19-12-4-7-14(8-5-12)27(23,24)25-13-6-9-15-16(10-13)26-18(20-15)21-17(22)11-2-1-3-11/h4-11H,1-3H2,(H,20,21,22). The fourth-order valence-electron chi connectivity index (χ4n) is 2.66. The number of nitrogens with one attached hydrogen (secondary N) is 1. The highest BCUT2D eigenvalue weighted by atomic mass is 32.2. The quantitative estimate of drug-likeness (QED) is 0.649. The molecule has 0 aliphatic heterocycles. The molecule has 1 aliphatic carbocycles. The molecule has 1 fully saturated rings. The van der Waals surface area contributed by atoms with Crippen LogP contribution in [0.4, 0.5) is 9.52 Å². The van der Waals surface area contributed by atoms with Crippen LogP contribution in [0.25, 0.3) is 10.2 Å². The van der Waals surface area contributed by atoms with E-state index in [1.54, 1.807) is 12.1 Å². The Balaban J connectivity index is 1.54. The number of carbonyl (C=O) groups is 1. The second kappa shape index (κ2) is 6.90. The van der Waals surface area contributed by atoms with E-state index in [1.807, 2.05) is 0 Å². The van der Waals surface area contributed by atoms with Crippen molar-refractivity contribution >= 4 is 42.7 Å². The Morgan fingerprint density at radius 3 is 2.59 bits per heavy atom. The zero-order valence-electron chi connectivity index (χ0n) is 14.0. The molecule has 1 N–H and O–H groups in total. The molecule has 1 aliphatic rings. The third-order valence-electron chi connectivity index (χ3n) is 4.37. The monoisotopic (exact) mass is 406 g/mol. The van der Waals surface area contributed by atoms with Crippen LogP contribution in [0.15, 0.2) is 47.4 Å². The van der Waals surface area contributed by atoms with Crippen molar-refractivity contribution in [3.05, 3.63) is 48.3 Å². The minimum Gasteiger partial charge on any atom is -0.379 e. The van der Waals surface area contributed by atoms with Crippen LogP contribution >= 0.6 is 11.3 Å². The van der Waals surface area contributed by atoms with Gasteiger partial charge in [0, 0.05) is 12.0 Å². The lowest BCUT2D eigenvalue weighted by Gasteiger charge is -2.23. The van der Waals surface area contributed by atoms with Gasteiger partial charge in [0.2, 0.25) is 5.91 Å². The molecule has 0 atom stereocenters. The van der Waals surface area contributed by atoms with E-state index in [0.717, 1.165) is 43.5 Å². The van der Waals surface area contributed by atoms with Gasteiger partial charge in [-0.25, -0.2) is 9.37 Å². The Kier molecular flexibility index (Phi) is 4.56. The lowest BCUT2D eigenvalue weighted by molar-refractivity contribution is -0.122. The number of rotatable bonds is 5. The highest BCUT2D eigenvalue weighted by Gasteiger charge is 2.26. The first-order valence-corrected chi connectivity index (χ1v) is 10.5. The maximum Gasteiger partial charge on any atom is 0.339 e. The maximum absolute atomic E-state index is 13.0. The van der Waals surface area contributed by atoms with Gasteiger partial charge in [-0.1, -0.05) is 17.8 Å². The number of hydrogen-bond acceptors (Lipinski definition) is 6. The zero-order valence-corrected chi connectivity index (χ0v) is 15.6. The SMILES string of the molecule is O=C(Nc1nc2ccc(OS(=O)(=O)c3ccc(F)cc3)cc2s1)C1CCC1. The normalized spacial score (nSPS) is 14.7. The molecule has 0 unspecified atom stereocenters. The number of nitrogens with zero attached hydrogens (tertiary/aromatic N) is 1. The van der Waals surface area contributed by atoms with Gasteiger partial charge in [-0.2, -0.15) is 8.42 Å². The van der Waals surface area contributed by atoms with E-state index in [-0.39, 0.29) is 22.5 Å². The molecule has 4 rings (SSSR count). The van der Waals surface area contributed by atoms with E-state index in [4.69, 9.17) is 4.18 Å². The predicted molar refractivity (Wildman–Crippen MR) is 99.8 cm³/mol. The van der Waals surface area contributed by atoms with Crippen molar-refractivity contribution in [3.63, 3.8) is 0 Å². The summed E-state index contributed by atoms with van der Waals surface area (Å²) in [4.78, 5) is 16.2. The molecule has 0 radical (unpaired) electrons. The van der Waals surface area contributed by atoms with Crippen LogP contribution in [-0.2, 0) is 14.9 Å². The van der Waals surface area contributed by atoms with E-state index in [0.29, 0.717) is 15.3 Å². The Morgan fingerprint density at radius 2 is 1.93 bits per heavy atom. The average molecular weight is 406 g/mol. The first-order chi connectivity index (χ1) is 12.9. The number of carbonyl (C=O) groups excluding carboxylic acids is 1. The first kappa shape index (κ1) is 17.9. The number of anilines is 1. The van der Waals surface area contributed by atoms with Crippen molar-refractivity contribution in [1.29, 1.82) is 0 Å². The topological polar surface area (TPSA) is 85.4 Å². The number of aromatic nitrogens is 1. The van der Waals surface area contributed by atoms with Crippen LogP contribution in [-0.4, -0.2) is 19.3 Å². The first-order valence-electron chi connectivity index (χ1n) is 8.32. The highest BCUT2D eigenvalue weighted by molar-refractivity contribution is 7.87. The smallest absolute Gasteiger partial charge is 0.339 e. The molecular formula is C18H15FN2O4S2. The van der Waals surface area contributed by atoms with Crippen molar-refractivity contribution < 1.29 is 21.8 Å². The number of hydrogen-bond donors (Lipinski definition) is 1. The minimum atomic E-state index is -4.07. The molecule has 2 aromatic carbocycles. The molecule has 1 aromatic heterocycles. The molecule has 3 aromatic rings. The average Bonchev–Trinajstić information content (AvgIpc) is 2.94. The molecule has 27 heavy (non-hydrogen) atoms. The summed E-state index contributed by atoms with van der Waals surface area (Å²) in [7, 11) is -4.07. The van der Waals surface area contributed by atoms with Gasteiger partial charge in [0.15, 0.2) is 5.13 Å². The maximum atomic E-state index is 13.0. The van der Waals surface area contributed by atoms with Crippen LogP contribution in [0.5, 0.6) is 5.75 Å². The van der Waals surface area contributed by atoms with E-state index >= 15 is 0 Å². The van der Waals surface area contributed by atoms with E-state index in [9.17, 15) is 17.6 Å². The molecule has 0 spiro atoms. The Morgan fingerprint density at radius 1 is 1.19 bits per heavy atom. The van der Waals surface area contributed by atoms with Gasteiger partial charge in [0.1, 0.15) is 16.5 Å². The number of amides is 1. The van der Waals surface area contributed by atoms with Crippen molar-refractivity contribution in [2.75, 3.05) is 5.32 Å². The molecule has 140 valence electrons. The fourth-order valence-corrected chi connectivity index (χ4v) is 4.48. The van der Waals surface area contributed by atoms with E-state index in [1.165, 1.54) is 17.4 Å². The second-order valence-corrected chi connectivity index (χ2v) is 8.83. The molecule has 1 heterocycles. The van der Waals surface area contributed by atoms with Crippen LogP contribution in [0.2, 0.25) is 0 Å². The van der Waals surface area contributed by atoms with Gasteiger partial charge < -0.3 is 9.50 Å². The van der Waals surface area contributed by atoms with Crippen molar-refractivity contribution in [1.82, 2.24) is 4.98 Å². The van der Waals surface area contributed by atoms with Gasteiger partial charge in [-0.3, -0.25) is 4.79 Å². The summed E-state index contributed by atoms with van der Waals surface area (Å²) < 4.78 is 43.4. The van der Waals surface area contributed by atoms with Crippen LogP contribution < -0.4 is 9.50 Å². The zero-order chi connectivity index (χ0) is 19.0. The van der Waals surface area contributed by atoms with E-state index in [2.05, 4.69) is 10.3 Å². The summed E-state index contributed by atoms with van der Waals surface area (Å²) in [6, 6.07) is 9.06. The third kappa shape index (κ3) is 3.79. The number of benzene rings is 2. The Bertz CT molecular complexity index is 1110. The van der Waals surface area contributed by atoms with Crippen LogP contribution in [0.1, 0.15) is 19.3 Å². The van der Waals surface area contributed by atoms with E-state index < -0.39 is 15.9 Å². The summed E-state index contributed by atoms with van der Waals surface area (Å²) in [6.07, 6.45) is 2.87. The summed E-state index contributed by atoms with van der Waals surface area (Å²) in [6.45, 7) is 0. The third-order valence-corrected chi connectivity index (χ3v) is 6.57. The molecule has 0 bridgehead atoms. The predicted octanol–water partition coefficient (Wildman–Crippen LogP) is 3.94. The summed E-state index contributed by atoms with van der Waals surface area (Å²) >= 11 is 1.25. The highest BCUT2D eigenvalue weighted by Crippen LogP contribution is 2.32. The van der Waals surface area contributed by atoms with Gasteiger partial charge in [-0.15, -0.1) is 0 Å². The molecule has 0 saturated heterocycles. The Hall–Kier alpha value is -2.52. The summed E-state index contributed by atoms with van der Waals surface area (Å²) in [5, 5.41) is 3.28.